The number of hydrogen-bond acceptors (Lipinski definition) is 13. The lowest BCUT2D eigenvalue weighted by molar-refractivity contribution is 0.473. The van der Waals surface area contributed by atoms with E-state index in [9.17, 15) is 40.0 Å². The summed E-state index contributed by atoms with van der Waals surface area (Å²) in [5, 5.41) is 40.8. The Morgan fingerprint density at radius 3 is 1.75 bits per heavy atom. The fourth-order valence-electron chi connectivity index (χ4n) is 4.06. The van der Waals surface area contributed by atoms with Crippen molar-refractivity contribution >= 4 is 69.0 Å². The van der Waals surface area contributed by atoms with Gasteiger partial charge in [0, 0.05) is 23.9 Å². The van der Waals surface area contributed by atoms with Crippen molar-refractivity contribution < 1.29 is 40.0 Å². The zero-order valence-electron chi connectivity index (χ0n) is 23.5. The highest BCUT2D eigenvalue weighted by molar-refractivity contribution is 7.91. The van der Waals surface area contributed by atoms with Crippen molar-refractivity contribution in [1.29, 1.82) is 0 Å². The normalized spacial score (nSPS) is 12.8. The number of nitrogens with zero attached hydrogens (tertiary/aromatic N) is 4. The van der Waals surface area contributed by atoms with Gasteiger partial charge in [0.2, 0.25) is 0 Å². The Kier molecular flexibility index (Phi) is 9.06. The predicted octanol–water partition coefficient (Wildman–Crippen LogP) is 5.96. The molecule has 4 aromatic rings. The summed E-state index contributed by atoms with van der Waals surface area (Å²) in [6, 6.07) is 12.8. The molecule has 0 aliphatic rings. The molecule has 0 radical (unpaired) electrons. The second kappa shape index (κ2) is 12.3. The van der Waals surface area contributed by atoms with E-state index in [0.29, 0.717) is 11.1 Å². The minimum absolute atomic E-state index is 0.00337. The largest absolute Gasteiger partial charge is 0.506 e. The molecule has 4 aromatic carbocycles. The third-order valence-corrected chi connectivity index (χ3v) is 10.9. The second-order valence-corrected chi connectivity index (χ2v) is 15.1. The predicted molar refractivity (Wildman–Crippen MR) is 163 cm³/mol. The molecule has 0 saturated heterocycles. The second-order valence-electron chi connectivity index (χ2n) is 9.20. The van der Waals surface area contributed by atoms with Gasteiger partial charge in [-0.3, -0.25) is 4.55 Å². The number of sulfone groups is 2. The molecule has 0 aliphatic carbocycles. The first kappa shape index (κ1) is 32.5. The summed E-state index contributed by atoms with van der Waals surface area (Å²) in [6.45, 7) is 2.87. The van der Waals surface area contributed by atoms with E-state index >= 15 is 0 Å². The van der Waals surface area contributed by atoms with Crippen molar-refractivity contribution in [2.45, 2.75) is 28.5 Å². The smallest absolute Gasteiger partial charge is 0.296 e. The lowest BCUT2D eigenvalue weighted by atomic mass is 10.1. The number of nitrogens with one attached hydrogen (secondary N) is 1. The molecule has 0 aromatic heterocycles. The van der Waals surface area contributed by atoms with Crippen LogP contribution in [0.1, 0.15) is 13.8 Å². The molecule has 0 atom stereocenters. The van der Waals surface area contributed by atoms with Crippen LogP contribution in [0.3, 0.4) is 0 Å². The molecule has 4 N–H and O–H groups in total. The highest BCUT2D eigenvalue weighted by Crippen LogP contribution is 2.43. The molecule has 4 rings (SSSR count). The van der Waals surface area contributed by atoms with Crippen molar-refractivity contribution in [2.24, 2.45) is 20.5 Å². The van der Waals surface area contributed by atoms with Crippen molar-refractivity contribution in [2.75, 3.05) is 23.9 Å². The fraction of sp³-hybridized carbons (Fsp3) is 0.185. The lowest BCUT2D eigenvalue weighted by Crippen LogP contribution is -2.06. The van der Waals surface area contributed by atoms with Crippen LogP contribution in [-0.4, -0.2) is 58.6 Å². The summed E-state index contributed by atoms with van der Waals surface area (Å²) in [7, 11) is -10.6. The maximum Gasteiger partial charge on any atom is 0.296 e. The Labute approximate surface area is 253 Å². The molecule has 44 heavy (non-hydrogen) atoms. The number of benzene rings is 4. The van der Waals surface area contributed by atoms with Gasteiger partial charge < -0.3 is 15.5 Å². The summed E-state index contributed by atoms with van der Waals surface area (Å²) in [6.07, 6.45) is 0. The maximum atomic E-state index is 12.3. The van der Waals surface area contributed by atoms with Gasteiger partial charge in [-0.15, -0.1) is 20.5 Å². The highest BCUT2D eigenvalue weighted by Gasteiger charge is 2.22. The van der Waals surface area contributed by atoms with E-state index in [1.807, 2.05) is 0 Å². The van der Waals surface area contributed by atoms with E-state index in [1.165, 1.54) is 38.1 Å². The third kappa shape index (κ3) is 6.54. The van der Waals surface area contributed by atoms with Crippen molar-refractivity contribution in [1.82, 2.24) is 0 Å². The molecule has 0 fully saturated rings. The molecule has 0 aliphatic heterocycles. The Bertz CT molecular complexity index is 2160. The molecular weight excluding hydrogens is 635 g/mol. The van der Waals surface area contributed by atoms with Crippen LogP contribution in [0.2, 0.25) is 0 Å². The van der Waals surface area contributed by atoms with Crippen LogP contribution in [0.5, 0.6) is 11.5 Å². The summed E-state index contributed by atoms with van der Waals surface area (Å²) >= 11 is 0. The number of hydrogen-bond donors (Lipinski definition) is 4. The lowest BCUT2D eigenvalue weighted by Gasteiger charge is -2.11. The number of aromatic hydroxyl groups is 2. The molecule has 0 bridgehead atoms. The van der Waals surface area contributed by atoms with Crippen LogP contribution in [-0.2, 0) is 29.8 Å². The van der Waals surface area contributed by atoms with Crippen LogP contribution in [0.4, 0.5) is 28.4 Å². The zero-order chi connectivity index (χ0) is 32.4. The summed E-state index contributed by atoms with van der Waals surface area (Å²) in [5.74, 6) is -1.17. The van der Waals surface area contributed by atoms with Crippen molar-refractivity contribution in [3.63, 3.8) is 0 Å². The summed E-state index contributed by atoms with van der Waals surface area (Å²) < 4.78 is 82.5. The first-order valence-corrected chi connectivity index (χ1v) is 17.6. The average molecular weight is 662 g/mol. The molecular formula is C27H27N5O9S3. The Morgan fingerprint density at radius 1 is 0.659 bits per heavy atom. The van der Waals surface area contributed by atoms with Gasteiger partial charge in [0.15, 0.2) is 25.4 Å². The van der Waals surface area contributed by atoms with E-state index in [0.717, 1.165) is 24.3 Å². The molecule has 0 saturated carbocycles. The molecule has 0 amide bonds. The van der Waals surface area contributed by atoms with Crippen molar-refractivity contribution in [3.8, 4) is 11.5 Å². The van der Waals surface area contributed by atoms with Gasteiger partial charge in [-0.25, -0.2) is 16.8 Å². The van der Waals surface area contributed by atoms with E-state index in [1.54, 1.807) is 19.2 Å². The van der Waals surface area contributed by atoms with Gasteiger partial charge in [-0.1, -0.05) is 13.8 Å². The van der Waals surface area contributed by atoms with E-state index in [-0.39, 0.29) is 55.2 Å². The van der Waals surface area contributed by atoms with Gasteiger partial charge >= 0.3 is 0 Å². The molecule has 0 heterocycles. The molecule has 14 nitrogen and oxygen atoms in total. The van der Waals surface area contributed by atoms with Gasteiger partial charge in [-0.2, -0.15) is 8.42 Å². The van der Waals surface area contributed by atoms with Gasteiger partial charge in [0.05, 0.1) is 27.0 Å². The first-order chi connectivity index (χ1) is 20.6. The van der Waals surface area contributed by atoms with Crippen LogP contribution < -0.4 is 5.32 Å². The van der Waals surface area contributed by atoms with Crippen LogP contribution in [0.25, 0.3) is 10.8 Å². The fourth-order valence-corrected chi connectivity index (χ4v) is 6.59. The number of rotatable bonds is 10. The Morgan fingerprint density at radius 2 is 1.18 bits per heavy atom. The molecule has 0 unspecified atom stereocenters. The van der Waals surface area contributed by atoms with E-state index in [4.69, 9.17) is 0 Å². The summed E-state index contributed by atoms with van der Waals surface area (Å²) in [4.78, 5) is -1.14. The maximum absolute atomic E-state index is 12.3. The van der Waals surface area contributed by atoms with Gasteiger partial charge in [0.1, 0.15) is 33.4 Å². The summed E-state index contributed by atoms with van der Waals surface area (Å²) in [5.41, 5.74) is 0.241. The number of azo groups is 2. The average Bonchev–Trinajstić information content (AvgIpc) is 2.99. The molecule has 0 spiro atoms. The van der Waals surface area contributed by atoms with Gasteiger partial charge in [-0.05, 0) is 54.6 Å². The number of phenols is 2. The highest BCUT2D eigenvalue weighted by atomic mass is 32.2. The number of phenolic OH excluding ortho intramolecular Hbond substituents is 2. The van der Waals surface area contributed by atoms with Crippen LogP contribution in [0, 0.1) is 0 Å². The van der Waals surface area contributed by atoms with Crippen molar-refractivity contribution in [3.05, 3.63) is 60.7 Å². The van der Waals surface area contributed by atoms with Crippen LogP contribution in [0.15, 0.2) is 95.8 Å². The minimum Gasteiger partial charge on any atom is -0.506 e. The van der Waals surface area contributed by atoms with Gasteiger partial charge in [0.25, 0.3) is 10.1 Å². The minimum atomic E-state index is -4.89. The Balaban J connectivity index is 1.77. The molecule has 17 heteroatoms. The molecule has 232 valence electrons. The first-order valence-electron chi connectivity index (χ1n) is 12.8. The number of anilines is 1. The standard InChI is InChI=1S/C27H27N5O9S3/c1-4-42(35,36)16-6-10-20(24(33)14-16)29-31-23-13-8-18-19(27(23)34)9-12-22(28-3)26(18)32-30-21-11-7-17(43(37,38)5-2)15-25(21)44(39,40)41/h6-15,28,33-34H,4-5H2,1-3H3,(H,39,40,41)/b31-29+,32-30+. The zero-order valence-corrected chi connectivity index (χ0v) is 25.9. The monoisotopic (exact) mass is 661 g/mol. The third-order valence-electron chi connectivity index (χ3n) is 6.55. The Hall–Kier alpha value is -4.45. The topological polar surface area (TPSA) is 225 Å². The van der Waals surface area contributed by atoms with Crippen LogP contribution >= 0.6 is 0 Å². The quantitative estimate of drug-likeness (QED) is 0.115. The van der Waals surface area contributed by atoms with E-state index in [2.05, 4.69) is 25.8 Å². The van der Waals surface area contributed by atoms with E-state index < -0.39 is 40.4 Å². The SMILES string of the molecule is CCS(=O)(=O)c1ccc(/N=N/c2ccc3c(/N=N/c4ccc(S(=O)(=O)CC)cc4S(=O)(=O)O)c(NC)ccc3c2O)c(O)c1. The number of fused-ring (bicyclic) bond motifs is 1.